The fourth-order valence-corrected chi connectivity index (χ4v) is 2.69. The number of amides is 1. The Morgan fingerprint density at radius 3 is 2.76 bits per heavy atom. The summed E-state index contributed by atoms with van der Waals surface area (Å²) in [6.45, 7) is 6.05. The maximum Gasteiger partial charge on any atom is 0.329 e. The van der Waals surface area contributed by atoms with Crippen LogP contribution in [-0.4, -0.2) is 39.9 Å². The highest BCUT2D eigenvalue weighted by Gasteiger charge is 2.37. The first-order valence-electron chi connectivity index (χ1n) is 6.93. The second-order valence-electron chi connectivity index (χ2n) is 6.06. The molecular formula is C15H19BrN2O3. The van der Waals surface area contributed by atoms with Crippen LogP contribution in [0.15, 0.2) is 22.9 Å². The molecule has 6 heteroatoms. The number of carbonyl (C=O) groups is 2. The van der Waals surface area contributed by atoms with Gasteiger partial charge < -0.3 is 9.64 Å². The lowest BCUT2D eigenvalue weighted by Crippen LogP contribution is -2.43. The molecule has 2 heterocycles. The maximum atomic E-state index is 12.5. The quantitative estimate of drug-likeness (QED) is 0.605. The number of nitrogens with zero attached hydrogens (tertiary/aromatic N) is 2. The van der Waals surface area contributed by atoms with Crippen molar-refractivity contribution in [3.63, 3.8) is 0 Å². The van der Waals surface area contributed by atoms with Gasteiger partial charge in [-0.3, -0.25) is 4.79 Å². The Kier molecular flexibility index (Phi) is 4.66. The summed E-state index contributed by atoms with van der Waals surface area (Å²) in [5.74, 6) is -0.493. The zero-order chi connectivity index (χ0) is 15.6. The molecular weight excluding hydrogens is 336 g/mol. The molecule has 1 fully saturated rings. The molecule has 0 spiro atoms. The van der Waals surface area contributed by atoms with Crippen LogP contribution in [0.4, 0.5) is 0 Å². The van der Waals surface area contributed by atoms with Crippen LogP contribution in [0.5, 0.6) is 0 Å². The fourth-order valence-electron chi connectivity index (χ4n) is 2.33. The van der Waals surface area contributed by atoms with Gasteiger partial charge in [0.25, 0.3) is 5.91 Å². The van der Waals surface area contributed by atoms with E-state index < -0.39 is 11.6 Å². The summed E-state index contributed by atoms with van der Waals surface area (Å²) < 4.78 is 6.01. The van der Waals surface area contributed by atoms with Crippen molar-refractivity contribution < 1.29 is 14.3 Å². The number of ether oxygens (including phenoxy) is 1. The van der Waals surface area contributed by atoms with E-state index in [0.29, 0.717) is 23.1 Å². The number of hydrogen-bond donors (Lipinski definition) is 0. The van der Waals surface area contributed by atoms with E-state index in [1.807, 2.05) is 20.8 Å². The number of carbonyl (C=O) groups excluding carboxylic acids is 2. The molecule has 2 rings (SSSR count). The summed E-state index contributed by atoms with van der Waals surface area (Å²) in [7, 11) is 0. The smallest absolute Gasteiger partial charge is 0.329 e. The first kappa shape index (κ1) is 15.9. The Morgan fingerprint density at radius 2 is 2.14 bits per heavy atom. The van der Waals surface area contributed by atoms with Crippen LogP contribution < -0.4 is 0 Å². The zero-order valence-electron chi connectivity index (χ0n) is 12.4. The molecule has 1 aliphatic rings. The first-order valence-corrected chi connectivity index (χ1v) is 7.72. The van der Waals surface area contributed by atoms with Gasteiger partial charge in [-0.15, -0.1) is 0 Å². The molecule has 1 amide bonds. The molecule has 1 aromatic rings. The van der Waals surface area contributed by atoms with Gasteiger partial charge in [-0.25, -0.2) is 9.78 Å². The molecule has 0 N–H and O–H groups in total. The van der Waals surface area contributed by atoms with E-state index in [4.69, 9.17) is 4.74 Å². The van der Waals surface area contributed by atoms with Crippen molar-refractivity contribution in [2.45, 2.75) is 45.3 Å². The first-order chi connectivity index (χ1) is 9.78. The molecule has 0 aliphatic carbocycles. The van der Waals surface area contributed by atoms with Gasteiger partial charge >= 0.3 is 5.97 Å². The Morgan fingerprint density at radius 1 is 1.43 bits per heavy atom. The minimum Gasteiger partial charge on any atom is -0.458 e. The summed E-state index contributed by atoms with van der Waals surface area (Å²) in [6, 6.07) is 2.81. The molecule has 0 aromatic carbocycles. The van der Waals surface area contributed by atoms with Crippen LogP contribution in [0.2, 0.25) is 0 Å². The molecule has 1 aromatic heterocycles. The lowest BCUT2D eigenvalue weighted by atomic mass is 10.1. The minimum atomic E-state index is -0.548. The van der Waals surface area contributed by atoms with Crippen LogP contribution in [0.25, 0.3) is 0 Å². The summed E-state index contributed by atoms with van der Waals surface area (Å²) in [4.78, 5) is 30.4. The zero-order valence-corrected chi connectivity index (χ0v) is 14.0. The van der Waals surface area contributed by atoms with Crippen LogP contribution in [-0.2, 0) is 9.53 Å². The lowest BCUT2D eigenvalue weighted by Gasteiger charge is -2.27. The predicted molar refractivity (Wildman–Crippen MR) is 81.8 cm³/mol. The van der Waals surface area contributed by atoms with Crippen molar-refractivity contribution in [3.05, 3.63) is 28.5 Å². The van der Waals surface area contributed by atoms with E-state index in [1.54, 1.807) is 23.2 Å². The summed E-state index contributed by atoms with van der Waals surface area (Å²) >= 11 is 3.25. The largest absolute Gasteiger partial charge is 0.458 e. The number of esters is 1. The highest BCUT2D eigenvalue weighted by Crippen LogP contribution is 2.23. The number of likely N-dealkylation sites (tertiary alicyclic amines) is 1. The Hall–Kier alpha value is -1.43. The third kappa shape index (κ3) is 4.03. The fraction of sp³-hybridized carbons (Fsp3) is 0.533. The molecule has 0 unspecified atom stereocenters. The van der Waals surface area contributed by atoms with E-state index in [-0.39, 0.29) is 11.9 Å². The average Bonchev–Trinajstić information content (AvgIpc) is 2.85. The second kappa shape index (κ2) is 6.13. The summed E-state index contributed by atoms with van der Waals surface area (Å²) in [5.41, 5.74) is -0.0269. The number of halogens is 1. The lowest BCUT2D eigenvalue weighted by molar-refractivity contribution is -0.159. The Bertz CT molecular complexity index is 554. The molecule has 114 valence electrons. The monoisotopic (exact) mass is 354 g/mol. The molecule has 0 radical (unpaired) electrons. The Labute approximate surface area is 132 Å². The van der Waals surface area contributed by atoms with E-state index in [2.05, 4.69) is 20.9 Å². The molecule has 1 saturated heterocycles. The van der Waals surface area contributed by atoms with Crippen molar-refractivity contribution in [1.29, 1.82) is 0 Å². The number of rotatable bonds is 2. The van der Waals surface area contributed by atoms with E-state index in [0.717, 1.165) is 6.42 Å². The van der Waals surface area contributed by atoms with Gasteiger partial charge in [0.2, 0.25) is 0 Å². The van der Waals surface area contributed by atoms with Gasteiger partial charge in [-0.1, -0.05) is 0 Å². The average molecular weight is 355 g/mol. The van der Waals surface area contributed by atoms with E-state index in [9.17, 15) is 9.59 Å². The second-order valence-corrected chi connectivity index (χ2v) is 6.87. The highest BCUT2D eigenvalue weighted by molar-refractivity contribution is 9.10. The van der Waals surface area contributed by atoms with Crippen LogP contribution in [0, 0.1) is 0 Å². The third-order valence-corrected chi connectivity index (χ3v) is 3.60. The minimum absolute atomic E-state index is 0.161. The molecule has 0 saturated carbocycles. The van der Waals surface area contributed by atoms with E-state index >= 15 is 0 Å². The molecule has 1 aliphatic heterocycles. The number of hydrogen-bond acceptors (Lipinski definition) is 4. The van der Waals surface area contributed by atoms with Crippen molar-refractivity contribution in [2.75, 3.05) is 6.54 Å². The van der Waals surface area contributed by atoms with Crippen molar-refractivity contribution >= 4 is 27.8 Å². The van der Waals surface area contributed by atoms with Gasteiger partial charge in [0.05, 0.1) is 0 Å². The molecule has 21 heavy (non-hydrogen) atoms. The predicted octanol–water partition coefficient (Wildman–Crippen LogP) is 2.79. The summed E-state index contributed by atoms with van der Waals surface area (Å²) in [6.07, 6.45) is 3.02. The van der Waals surface area contributed by atoms with Gasteiger partial charge in [0.15, 0.2) is 0 Å². The van der Waals surface area contributed by atoms with Gasteiger partial charge in [-0.05, 0) is 61.7 Å². The van der Waals surface area contributed by atoms with Crippen LogP contribution in [0.1, 0.15) is 44.0 Å². The summed E-state index contributed by atoms with van der Waals surface area (Å²) in [5, 5.41) is 0. The third-order valence-electron chi connectivity index (χ3n) is 3.17. The maximum absolute atomic E-state index is 12.5. The molecule has 0 bridgehead atoms. The number of aromatic nitrogens is 1. The van der Waals surface area contributed by atoms with E-state index in [1.165, 1.54) is 0 Å². The normalized spacial score (nSPS) is 18.7. The van der Waals surface area contributed by atoms with Crippen LogP contribution in [0.3, 0.4) is 0 Å². The van der Waals surface area contributed by atoms with Gasteiger partial charge in [0.1, 0.15) is 16.2 Å². The number of pyridine rings is 1. The van der Waals surface area contributed by atoms with Gasteiger partial charge in [0, 0.05) is 18.3 Å². The van der Waals surface area contributed by atoms with Crippen molar-refractivity contribution in [3.8, 4) is 0 Å². The Balaban J connectivity index is 2.15. The van der Waals surface area contributed by atoms with Crippen LogP contribution >= 0.6 is 15.9 Å². The topological polar surface area (TPSA) is 59.5 Å². The SMILES string of the molecule is CC(C)(C)OC(=O)[C@H]1CCCN1C(=O)c1ccnc(Br)c1. The molecule has 1 atom stereocenters. The van der Waals surface area contributed by atoms with Crippen molar-refractivity contribution in [1.82, 2.24) is 9.88 Å². The van der Waals surface area contributed by atoms with Gasteiger partial charge in [-0.2, -0.15) is 0 Å². The van der Waals surface area contributed by atoms with Crippen molar-refractivity contribution in [2.24, 2.45) is 0 Å². The molecule has 5 nitrogen and oxygen atoms in total. The highest BCUT2D eigenvalue weighted by atomic mass is 79.9. The standard InChI is InChI=1S/C15H19BrN2O3/c1-15(2,3)21-14(20)11-5-4-8-18(11)13(19)10-6-7-17-12(16)9-10/h6-7,9,11H,4-5,8H2,1-3H3/t11-/m1/s1.